The van der Waals surface area contributed by atoms with Gasteiger partial charge in [-0.1, -0.05) is 36.4 Å². The number of fused-ring (bicyclic) bond motifs is 2. The molecule has 0 fully saturated rings. The number of rotatable bonds is 3. The number of aromatic carboxylic acids is 1. The number of pyridine rings is 1. The molecule has 0 aliphatic rings. The number of anilines is 1. The van der Waals surface area contributed by atoms with Crippen LogP contribution in [0.5, 0.6) is 0 Å². The number of carboxylic acid groups (broad SMARTS) is 1. The predicted molar refractivity (Wildman–Crippen MR) is 101 cm³/mol. The molecule has 0 amide bonds. The van der Waals surface area contributed by atoms with Gasteiger partial charge >= 0.3 is 5.97 Å². The molecule has 4 aromatic rings. The smallest absolute Gasteiger partial charge is 0.341 e. The summed E-state index contributed by atoms with van der Waals surface area (Å²) in [4.78, 5) is 39.0. The molecule has 0 saturated heterocycles. The lowest BCUT2D eigenvalue weighted by molar-refractivity contribution is 0.0695. The fourth-order valence-corrected chi connectivity index (χ4v) is 3.92. The van der Waals surface area contributed by atoms with Crippen LogP contribution < -0.4 is 11.3 Å². The second-order valence-electron chi connectivity index (χ2n) is 5.80. The van der Waals surface area contributed by atoms with Gasteiger partial charge in [0.2, 0.25) is 5.78 Å². The van der Waals surface area contributed by atoms with E-state index in [4.69, 9.17) is 10.8 Å². The number of H-pyrrole nitrogens is 1. The minimum Gasteiger partial charge on any atom is -0.477 e. The Labute approximate surface area is 150 Å². The first-order valence-corrected chi connectivity index (χ1v) is 8.49. The van der Waals surface area contributed by atoms with Crippen LogP contribution in [0.3, 0.4) is 0 Å². The molecule has 2 heterocycles. The van der Waals surface area contributed by atoms with Crippen molar-refractivity contribution in [2.24, 2.45) is 0 Å². The number of nitrogen functional groups attached to an aromatic ring is 1. The number of benzene rings is 2. The molecule has 0 aliphatic carbocycles. The summed E-state index contributed by atoms with van der Waals surface area (Å²) in [5.74, 6) is -1.62. The average molecular weight is 364 g/mol. The molecule has 0 saturated carbocycles. The van der Waals surface area contributed by atoms with Gasteiger partial charge in [-0.05, 0) is 22.9 Å². The molecule has 0 spiro atoms. The normalized spacial score (nSPS) is 11.1. The monoisotopic (exact) mass is 364 g/mol. The topological polar surface area (TPSA) is 113 Å². The summed E-state index contributed by atoms with van der Waals surface area (Å²) < 4.78 is 0. The largest absolute Gasteiger partial charge is 0.477 e. The number of hydrogen-bond acceptors (Lipinski definition) is 5. The Morgan fingerprint density at radius 2 is 1.77 bits per heavy atom. The van der Waals surface area contributed by atoms with Crippen molar-refractivity contribution >= 4 is 49.8 Å². The second kappa shape index (κ2) is 5.82. The fraction of sp³-hybridized carbons (Fsp3) is 0. The summed E-state index contributed by atoms with van der Waals surface area (Å²) in [5, 5.41) is 11.4. The molecule has 0 unspecified atom stereocenters. The standard InChI is InChI=1S/C19H12N2O4S/c20-14-12-8-13(19(24)25)17(23)21-18(12)26-16(14)15(22)11-6-5-9-3-1-2-4-10(9)7-11/h1-8H,20H2,(H,21,23)(H,24,25). The van der Waals surface area contributed by atoms with E-state index in [2.05, 4.69) is 4.98 Å². The molecule has 0 atom stereocenters. The Bertz CT molecular complexity index is 1270. The summed E-state index contributed by atoms with van der Waals surface area (Å²) >= 11 is 1.04. The van der Waals surface area contributed by atoms with Gasteiger partial charge in [0.25, 0.3) is 5.56 Å². The molecular formula is C19H12N2O4S. The van der Waals surface area contributed by atoms with E-state index in [1.807, 2.05) is 30.3 Å². The van der Waals surface area contributed by atoms with Crippen molar-refractivity contribution in [2.45, 2.75) is 0 Å². The number of nitrogens with two attached hydrogens (primary N) is 1. The van der Waals surface area contributed by atoms with Crippen LogP contribution in [-0.4, -0.2) is 21.8 Å². The van der Waals surface area contributed by atoms with Crippen LogP contribution in [0.2, 0.25) is 0 Å². The number of carbonyl (C=O) groups excluding carboxylic acids is 1. The van der Waals surface area contributed by atoms with Crippen molar-refractivity contribution in [2.75, 3.05) is 5.73 Å². The minimum absolute atomic E-state index is 0.168. The molecule has 0 bridgehead atoms. The summed E-state index contributed by atoms with van der Waals surface area (Å²) in [6.07, 6.45) is 0. The third kappa shape index (κ3) is 2.46. The Kier molecular flexibility index (Phi) is 3.59. The number of aromatic nitrogens is 1. The quantitative estimate of drug-likeness (QED) is 0.483. The van der Waals surface area contributed by atoms with Crippen LogP contribution in [0.1, 0.15) is 25.6 Å². The summed E-state index contributed by atoms with van der Waals surface area (Å²) in [7, 11) is 0. The first-order chi connectivity index (χ1) is 12.5. The molecule has 6 nitrogen and oxygen atoms in total. The Morgan fingerprint density at radius 1 is 1.04 bits per heavy atom. The minimum atomic E-state index is -1.35. The lowest BCUT2D eigenvalue weighted by Gasteiger charge is -2.03. The van der Waals surface area contributed by atoms with Crippen molar-refractivity contribution in [3.05, 3.63) is 74.9 Å². The van der Waals surface area contributed by atoms with Gasteiger partial charge in [-0.3, -0.25) is 9.59 Å². The average Bonchev–Trinajstić information content (AvgIpc) is 2.95. The SMILES string of the molecule is Nc1c(C(=O)c2ccc3ccccc3c2)sc2[nH]c(=O)c(C(=O)O)cc12. The molecule has 0 radical (unpaired) electrons. The van der Waals surface area contributed by atoms with Crippen LogP contribution in [0.15, 0.2) is 53.3 Å². The molecule has 128 valence electrons. The van der Waals surface area contributed by atoms with Gasteiger partial charge in [0.1, 0.15) is 15.3 Å². The van der Waals surface area contributed by atoms with Gasteiger partial charge in [0.15, 0.2) is 0 Å². The molecule has 2 aromatic carbocycles. The number of ketones is 1. The molecule has 26 heavy (non-hydrogen) atoms. The van der Waals surface area contributed by atoms with Crippen molar-refractivity contribution in [1.82, 2.24) is 4.98 Å². The summed E-state index contributed by atoms with van der Waals surface area (Å²) in [6.45, 7) is 0. The van der Waals surface area contributed by atoms with Gasteiger partial charge in [-0.25, -0.2) is 4.79 Å². The summed E-state index contributed by atoms with van der Waals surface area (Å²) in [5.41, 5.74) is 5.59. The van der Waals surface area contributed by atoms with Gasteiger partial charge in [0.05, 0.1) is 5.69 Å². The van der Waals surface area contributed by atoms with Gasteiger partial charge in [-0.2, -0.15) is 0 Å². The van der Waals surface area contributed by atoms with E-state index in [1.165, 1.54) is 6.07 Å². The Morgan fingerprint density at radius 3 is 2.50 bits per heavy atom. The first-order valence-electron chi connectivity index (χ1n) is 7.68. The first kappa shape index (κ1) is 16.0. The lowest BCUT2D eigenvalue weighted by Crippen LogP contribution is -2.16. The van der Waals surface area contributed by atoms with Crippen LogP contribution in [0, 0.1) is 0 Å². The molecule has 2 aromatic heterocycles. The van der Waals surface area contributed by atoms with Crippen molar-refractivity contribution in [3.8, 4) is 0 Å². The highest BCUT2D eigenvalue weighted by Crippen LogP contribution is 2.34. The number of carboxylic acids is 1. The third-order valence-corrected chi connectivity index (χ3v) is 5.33. The fourth-order valence-electron chi connectivity index (χ4n) is 2.86. The highest BCUT2D eigenvalue weighted by molar-refractivity contribution is 7.21. The van der Waals surface area contributed by atoms with Gasteiger partial charge in [-0.15, -0.1) is 11.3 Å². The van der Waals surface area contributed by atoms with Crippen LogP contribution in [0.25, 0.3) is 21.0 Å². The zero-order chi connectivity index (χ0) is 18.4. The van der Waals surface area contributed by atoms with E-state index in [9.17, 15) is 14.4 Å². The number of aromatic amines is 1. The van der Waals surface area contributed by atoms with Gasteiger partial charge in [0, 0.05) is 10.9 Å². The van der Waals surface area contributed by atoms with E-state index in [0.717, 1.165) is 22.1 Å². The van der Waals surface area contributed by atoms with E-state index < -0.39 is 17.1 Å². The van der Waals surface area contributed by atoms with Crippen LogP contribution in [-0.2, 0) is 0 Å². The van der Waals surface area contributed by atoms with Crippen LogP contribution >= 0.6 is 11.3 Å². The summed E-state index contributed by atoms with van der Waals surface area (Å²) in [6, 6.07) is 14.3. The molecule has 4 N–H and O–H groups in total. The number of carbonyl (C=O) groups is 2. The van der Waals surface area contributed by atoms with Crippen molar-refractivity contribution in [3.63, 3.8) is 0 Å². The van der Waals surface area contributed by atoms with E-state index in [1.54, 1.807) is 12.1 Å². The molecule has 4 rings (SSSR count). The zero-order valence-electron chi connectivity index (χ0n) is 13.3. The highest BCUT2D eigenvalue weighted by atomic mass is 32.1. The Balaban J connectivity index is 1.87. The van der Waals surface area contributed by atoms with E-state index in [-0.39, 0.29) is 16.3 Å². The number of hydrogen-bond donors (Lipinski definition) is 3. The lowest BCUT2D eigenvalue weighted by atomic mass is 10.0. The third-order valence-electron chi connectivity index (χ3n) is 4.19. The van der Waals surface area contributed by atoms with E-state index >= 15 is 0 Å². The predicted octanol–water partition coefficient (Wildman–Crippen LogP) is 3.25. The van der Waals surface area contributed by atoms with Crippen molar-refractivity contribution in [1.29, 1.82) is 0 Å². The number of thiophene rings is 1. The highest BCUT2D eigenvalue weighted by Gasteiger charge is 2.21. The maximum absolute atomic E-state index is 12.9. The maximum atomic E-state index is 12.9. The molecule has 7 heteroatoms. The Hall–Kier alpha value is -3.45. The second-order valence-corrected chi connectivity index (χ2v) is 6.82. The van der Waals surface area contributed by atoms with E-state index in [0.29, 0.717) is 15.8 Å². The number of nitrogens with one attached hydrogen (secondary N) is 1. The zero-order valence-corrected chi connectivity index (χ0v) is 14.1. The van der Waals surface area contributed by atoms with Crippen molar-refractivity contribution < 1.29 is 14.7 Å². The van der Waals surface area contributed by atoms with Crippen LogP contribution in [0.4, 0.5) is 5.69 Å². The maximum Gasteiger partial charge on any atom is 0.341 e. The molecular weight excluding hydrogens is 352 g/mol. The molecule has 0 aliphatic heterocycles. The van der Waals surface area contributed by atoms with Gasteiger partial charge < -0.3 is 15.8 Å².